The minimum absolute atomic E-state index is 0.0709. The fourth-order valence-electron chi connectivity index (χ4n) is 1.24. The van der Waals surface area contributed by atoms with Gasteiger partial charge in [-0.1, -0.05) is 0 Å². The molecule has 4 nitrogen and oxygen atoms in total. The topological polar surface area (TPSA) is 59.2 Å². The van der Waals surface area contributed by atoms with Gasteiger partial charge in [0, 0.05) is 11.6 Å². The van der Waals surface area contributed by atoms with Crippen molar-refractivity contribution in [1.82, 2.24) is 4.98 Å². The first-order valence-electron chi connectivity index (χ1n) is 4.78. The smallest absolute Gasteiger partial charge is 0.355 e. The molecule has 0 radical (unpaired) electrons. The SMILES string of the molecule is CCOC(=O)c1[nH]c(C(F)F)cc(=O)c1CCl. The third kappa shape index (κ3) is 3.03. The molecule has 0 bridgehead atoms. The van der Waals surface area contributed by atoms with Gasteiger partial charge in [-0.25, -0.2) is 13.6 Å². The van der Waals surface area contributed by atoms with Crippen LogP contribution in [0.5, 0.6) is 0 Å². The molecule has 1 aromatic heterocycles. The fourth-order valence-corrected chi connectivity index (χ4v) is 1.50. The molecule has 0 atom stereocenters. The maximum Gasteiger partial charge on any atom is 0.355 e. The van der Waals surface area contributed by atoms with Crippen LogP contribution in [0.3, 0.4) is 0 Å². The van der Waals surface area contributed by atoms with Gasteiger partial charge in [0.1, 0.15) is 5.69 Å². The summed E-state index contributed by atoms with van der Waals surface area (Å²) in [6, 6.07) is 0.727. The second-order valence-corrected chi connectivity index (χ2v) is 3.36. The predicted molar refractivity (Wildman–Crippen MR) is 57.5 cm³/mol. The van der Waals surface area contributed by atoms with E-state index >= 15 is 0 Å². The Kier molecular flexibility index (Phi) is 4.62. The van der Waals surface area contributed by atoms with Crippen LogP contribution >= 0.6 is 11.6 Å². The number of ether oxygens (including phenoxy) is 1. The third-order valence-corrected chi connectivity index (χ3v) is 2.27. The van der Waals surface area contributed by atoms with Crippen LogP contribution in [-0.2, 0) is 10.6 Å². The van der Waals surface area contributed by atoms with Crippen LogP contribution in [0.25, 0.3) is 0 Å². The Morgan fingerprint density at radius 3 is 2.71 bits per heavy atom. The quantitative estimate of drug-likeness (QED) is 0.671. The molecule has 1 rings (SSSR count). The first-order chi connectivity index (χ1) is 8.01. The number of rotatable bonds is 4. The number of alkyl halides is 3. The van der Waals surface area contributed by atoms with E-state index in [4.69, 9.17) is 11.6 Å². The maximum absolute atomic E-state index is 12.5. The molecule has 7 heteroatoms. The lowest BCUT2D eigenvalue weighted by Gasteiger charge is -2.08. The molecule has 0 saturated heterocycles. The number of hydrogen-bond acceptors (Lipinski definition) is 3. The van der Waals surface area contributed by atoms with Crippen molar-refractivity contribution in [2.24, 2.45) is 0 Å². The number of carbonyl (C=O) groups excluding carboxylic acids is 1. The molecule has 1 aromatic rings. The van der Waals surface area contributed by atoms with Gasteiger partial charge in [-0.2, -0.15) is 0 Å². The number of H-pyrrole nitrogens is 1. The van der Waals surface area contributed by atoms with Crippen molar-refractivity contribution in [2.45, 2.75) is 19.2 Å². The highest BCUT2D eigenvalue weighted by Crippen LogP contribution is 2.17. The number of nitrogens with one attached hydrogen (secondary N) is 1. The zero-order chi connectivity index (χ0) is 13.0. The lowest BCUT2D eigenvalue weighted by atomic mass is 10.2. The highest BCUT2D eigenvalue weighted by Gasteiger charge is 2.19. The summed E-state index contributed by atoms with van der Waals surface area (Å²) in [4.78, 5) is 25.1. The van der Waals surface area contributed by atoms with Crippen LogP contribution in [0, 0.1) is 0 Å². The number of halogens is 3. The molecule has 0 saturated carbocycles. The van der Waals surface area contributed by atoms with Crippen molar-refractivity contribution < 1.29 is 18.3 Å². The molecule has 0 aliphatic heterocycles. The summed E-state index contributed by atoms with van der Waals surface area (Å²) >= 11 is 5.50. The van der Waals surface area contributed by atoms with Crippen molar-refractivity contribution in [2.75, 3.05) is 6.61 Å². The Bertz CT molecular complexity index is 473. The molecule has 0 aromatic carbocycles. The molecule has 0 spiro atoms. The van der Waals surface area contributed by atoms with Gasteiger partial charge in [-0.15, -0.1) is 11.6 Å². The van der Waals surface area contributed by atoms with Gasteiger partial charge in [0.05, 0.1) is 18.2 Å². The average molecular weight is 266 g/mol. The van der Waals surface area contributed by atoms with Gasteiger partial charge in [0.2, 0.25) is 0 Å². The normalized spacial score (nSPS) is 10.6. The van der Waals surface area contributed by atoms with Gasteiger partial charge in [0.25, 0.3) is 6.43 Å². The molecule has 1 heterocycles. The number of esters is 1. The molecule has 0 unspecified atom stereocenters. The highest BCUT2D eigenvalue weighted by atomic mass is 35.5. The third-order valence-electron chi connectivity index (χ3n) is 2.00. The van der Waals surface area contributed by atoms with E-state index in [2.05, 4.69) is 9.72 Å². The summed E-state index contributed by atoms with van der Waals surface area (Å²) in [5.74, 6) is -1.13. The zero-order valence-corrected chi connectivity index (χ0v) is 9.68. The van der Waals surface area contributed by atoms with Gasteiger partial charge in [-0.3, -0.25) is 4.79 Å². The van der Waals surface area contributed by atoms with E-state index in [0.717, 1.165) is 6.07 Å². The molecule has 17 heavy (non-hydrogen) atoms. The average Bonchev–Trinajstić information content (AvgIpc) is 2.28. The largest absolute Gasteiger partial charge is 0.461 e. The second-order valence-electron chi connectivity index (χ2n) is 3.10. The number of pyridine rings is 1. The van der Waals surface area contributed by atoms with Gasteiger partial charge < -0.3 is 9.72 Å². The summed E-state index contributed by atoms with van der Waals surface area (Å²) in [5, 5.41) is 0. The standard InChI is InChI=1S/C10H10ClF2NO3/c1-2-17-10(16)8-5(4-11)7(15)3-6(14-8)9(12)13/h3,9H,2,4H2,1H3,(H,14,15). The minimum atomic E-state index is -2.87. The zero-order valence-electron chi connectivity index (χ0n) is 8.93. The maximum atomic E-state index is 12.5. The molecular weight excluding hydrogens is 256 g/mol. The van der Waals surface area contributed by atoms with E-state index in [1.54, 1.807) is 6.92 Å². The van der Waals surface area contributed by atoms with Crippen LogP contribution in [-0.4, -0.2) is 17.6 Å². The van der Waals surface area contributed by atoms with E-state index in [0.29, 0.717) is 0 Å². The Morgan fingerprint density at radius 1 is 1.59 bits per heavy atom. The lowest BCUT2D eigenvalue weighted by Crippen LogP contribution is -2.20. The molecule has 0 fully saturated rings. The Balaban J connectivity index is 3.34. The first-order valence-corrected chi connectivity index (χ1v) is 5.32. The Hall–Kier alpha value is -1.43. The van der Waals surface area contributed by atoms with Crippen molar-refractivity contribution in [3.63, 3.8) is 0 Å². The molecule has 0 aliphatic rings. The predicted octanol–water partition coefficient (Wildman–Crippen LogP) is 2.23. The summed E-state index contributed by atoms with van der Waals surface area (Å²) < 4.78 is 29.6. The van der Waals surface area contributed by atoms with E-state index in [1.165, 1.54) is 0 Å². The minimum Gasteiger partial charge on any atom is -0.461 e. The monoisotopic (exact) mass is 265 g/mol. The molecule has 94 valence electrons. The summed E-state index contributed by atoms with van der Waals surface area (Å²) in [6.45, 7) is 1.63. The number of carbonyl (C=O) groups is 1. The van der Waals surface area contributed by atoms with Gasteiger partial charge in [0.15, 0.2) is 5.43 Å². The van der Waals surface area contributed by atoms with Crippen LogP contribution in [0.15, 0.2) is 10.9 Å². The highest BCUT2D eigenvalue weighted by molar-refractivity contribution is 6.17. The van der Waals surface area contributed by atoms with Crippen LogP contribution < -0.4 is 5.43 Å². The summed E-state index contributed by atoms with van der Waals surface area (Å²) in [6.07, 6.45) is -2.87. The molecule has 0 aliphatic carbocycles. The van der Waals surface area contributed by atoms with E-state index in [1.807, 2.05) is 0 Å². The van der Waals surface area contributed by atoms with Gasteiger partial charge in [-0.05, 0) is 6.92 Å². The Labute approximate surface area is 101 Å². The van der Waals surface area contributed by atoms with Gasteiger partial charge >= 0.3 is 5.97 Å². The summed E-state index contributed by atoms with van der Waals surface area (Å²) in [7, 11) is 0. The van der Waals surface area contributed by atoms with E-state index < -0.39 is 23.5 Å². The number of aromatic amines is 1. The first kappa shape index (κ1) is 13.6. The Morgan fingerprint density at radius 2 is 2.24 bits per heavy atom. The van der Waals surface area contributed by atoms with Crippen LogP contribution in [0.4, 0.5) is 8.78 Å². The second kappa shape index (κ2) is 5.77. The van der Waals surface area contributed by atoms with E-state index in [9.17, 15) is 18.4 Å². The van der Waals surface area contributed by atoms with Crippen molar-refractivity contribution in [1.29, 1.82) is 0 Å². The van der Waals surface area contributed by atoms with Crippen molar-refractivity contribution >= 4 is 17.6 Å². The molecular formula is C10H10ClF2NO3. The van der Waals surface area contributed by atoms with E-state index in [-0.39, 0.29) is 23.7 Å². The lowest BCUT2D eigenvalue weighted by molar-refractivity contribution is 0.0516. The number of hydrogen-bond donors (Lipinski definition) is 1. The fraction of sp³-hybridized carbons (Fsp3) is 0.400. The van der Waals surface area contributed by atoms with Crippen molar-refractivity contribution in [3.8, 4) is 0 Å². The molecule has 0 amide bonds. The molecule has 1 N–H and O–H groups in total. The number of aromatic nitrogens is 1. The van der Waals surface area contributed by atoms with Crippen LogP contribution in [0.2, 0.25) is 0 Å². The van der Waals surface area contributed by atoms with Crippen LogP contribution in [0.1, 0.15) is 35.1 Å². The summed E-state index contributed by atoms with van der Waals surface area (Å²) in [5.41, 5.74) is -1.73. The van der Waals surface area contributed by atoms with Crippen molar-refractivity contribution in [3.05, 3.63) is 33.2 Å².